The number of amides is 1. The van der Waals surface area contributed by atoms with Crippen LogP contribution in [0.2, 0.25) is 0 Å². The van der Waals surface area contributed by atoms with Gasteiger partial charge in [-0.15, -0.1) is 0 Å². The molecule has 2 rings (SSSR count). The Morgan fingerprint density at radius 1 is 1.54 bits per heavy atom. The first-order valence-corrected chi connectivity index (χ1v) is 4.90. The zero-order valence-corrected chi connectivity index (χ0v) is 7.68. The third-order valence-corrected chi connectivity index (χ3v) is 2.75. The summed E-state index contributed by atoms with van der Waals surface area (Å²) in [6.07, 6.45) is 2.74. The first kappa shape index (κ1) is 8.97. The molecule has 0 aromatic rings. The van der Waals surface area contributed by atoms with Crippen molar-refractivity contribution >= 4 is 5.91 Å². The van der Waals surface area contributed by atoms with Gasteiger partial charge < -0.3 is 15.7 Å². The van der Waals surface area contributed by atoms with Crippen molar-refractivity contribution in [3.8, 4) is 0 Å². The summed E-state index contributed by atoms with van der Waals surface area (Å²) in [5.74, 6) is 0.435. The van der Waals surface area contributed by atoms with Crippen LogP contribution in [-0.4, -0.2) is 36.2 Å². The summed E-state index contributed by atoms with van der Waals surface area (Å²) >= 11 is 0. The van der Waals surface area contributed by atoms with Gasteiger partial charge in [0, 0.05) is 25.6 Å². The molecule has 1 amide bonds. The molecule has 0 bridgehead atoms. The fraction of sp³-hybridized carbons (Fsp3) is 0.889. The molecular weight excluding hydrogens is 168 g/mol. The number of carbonyl (C=O) groups is 1. The lowest BCUT2D eigenvalue weighted by atomic mass is 9.93. The van der Waals surface area contributed by atoms with Gasteiger partial charge in [0.1, 0.15) is 0 Å². The SMILES string of the molecule is O=C(NCCC1(O)CNC1)C1CC1. The minimum atomic E-state index is -0.559. The molecule has 3 N–H and O–H groups in total. The van der Waals surface area contributed by atoms with E-state index >= 15 is 0 Å². The Morgan fingerprint density at radius 2 is 2.23 bits per heavy atom. The van der Waals surface area contributed by atoms with Crippen LogP contribution in [0.1, 0.15) is 19.3 Å². The Hall–Kier alpha value is -0.610. The fourth-order valence-electron chi connectivity index (χ4n) is 1.50. The predicted molar refractivity (Wildman–Crippen MR) is 48.2 cm³/mol. The standard InChI is InChI=1S/C9H16N2O2/c12-8(7-1-2-7)11-4-3-9(13)5-10-6-9/h7,10,13H,1-6H2,(H,11,12). The molecule has 74 valence electrons. The van der Waals surface area contributed by atoms with Crippen molar-refractivity contribution in [2.45, 2.75) is 24.9 Å². The molecule has 1 saturated carbocycles. The highest BCUT2D eigenvalue weighted by Crippen LogP contribution is 2.28. The van der Waals surface area contributed by atoms with E-state index in [9.17, 15) is 9.90 Å². The van der Waals surface area contributed by atoms with Crippen LogP contribution in [-0.2, 0) is 4.79 Å². The maximum Gasteiger partial charge on any atom is 0.223 e. The van der Waals surface area contributed by atoms with Gasteiger partial charge in [0.05, 0.1) is 5.60 Å². The van der Waals surface area contributed by atoms with Crippen molar-refractivity contribution in [1.29, 1.82) is 0 Å². The average molecular weight is 184 g/mol. The fourth-order valence-corrected chi connectivity index (χ4v) is 1.50. The lowest BCUT2D eigenvalue weighted by molar-refractivity contribution is -0.122. The minimum Gasteiger partial charge on any atom is -0.387 e. The van der Waals surface area contributed by atoms with E-state index < -0.39 is 5.60 Å². The van der Waals surface area contributed by atoms with Gasteiger partial charge in [0.15, 0.2) is 0 Å². The molecule has 2 aliphatic rings. The molecule has 0 unspecified atom stereocenters. The van der Waals surface area contributed by atoms with Crippen molar-refractivity contribution in [3.05, 3.63) is 0 Å². The van der Waals surface area contributed by atoms with E-state index in [1.165, 1.54) is 0 Å². The maximum absolute atomic E-state index is 11.2. The van der Waals surface area contributed by atoms with E-state index in [2.05, 4.69) is 10.6 Å². The van der Waals surface area contributed by atoms with Gasteiger partial charge in [-0.1, -0.05) is 0 Å². The van der Waals surface area contributed by atoms with E-state index in [0.29, 0.717) is 26.1 Å². The van der Waals surface area contributed by atoms with Crippen molar-refractivity contribution in [2.75, 3.05) is 19.6 Å². The summed E-state index contributed by atoms with van der Waals surface area (Å²) in [5.41, 5.74) is -0.559. The third-order valence-electron chi connectivity index (χ3n) is 2.75. The van der Waals surface area contributed by atoms with Crippen LogP contribution in [0.25, 0.3) is 0 Å². The van der Waals surface area contributed by atoms with Crippen LogP contribution in [0.15, 0.2) is 0 Å². The van der Waals surface area contributed by atoms with E-state index in [1.54, 1.807) is 0 Å². The third kappa shape index (κ3) is 2.19. The largest absolute Gasteiger partial charge is 0.387 e. The second kappa shape index (κ2) is 3.27. The Morgan fingerprint density at radius 3 is 2.69 bits per heavy atom. The van der Waals surface area contributed by atoms with Gasteiger partial charge in [-0.25, -0.2) is 0 Å². The number of β-amino-alcohol motifs (C(OH)–C–C–N with tert-alkyl or cyclic N) is 1. The molecule has 2 fully saturated rings. The number of hydrogen-bond acceptors (Lipinski definition) is 3. The van der Waals surface area contributed by atoms with E-state index in [1.807, 2.05) is 0 Å². The number of nitrogens with one attached hydrogen (secondary N) is 2. The molecule has 0 radical (unpaired) electrons. The summed E-state index contributed by atoms with van der Waals surface area (Å²) in [6.45, 7) is 1.92. The topological polar surface area (TPSA) is 61.4 Å². The first-order valence-electron chi connectivity index (χ1n) is 4.90. The van der Waals surface area contributed by atoms with Crippen LogP contribution >= 0.6 is 0 Å². The molecule has 0 aromatic carbocycles. The molecule has 1 aliphatic carbocycles. The summed E-state index contributed by atoms with van der Waals surface area (Å²) in [4.78, 5) is 11.2. The summed E-state index contributed by atoms with van der Waals surface area (Å²) in [6, 6.07) is 0. The van der Waals surface area contributed by atoms with E-state index in [4.69, 9.17) is 0 Å². The predicted octanol–water partition coefficient (Wildman–Crippen LogP) is -0.763. The lowest BCUT2D eigenvalue weighted by Gasteiger charge is -2.37. The minimum absolute atomic E-state index is 0.163. The summed E-state index contributed by atoms with van der Waals surface area (Å²) in [5, 5.41) is 15.5. The Bertz CT molecular complexity index is 210. The van der Waals surface area contributed by atoms with Crippen LogP contribution in [0.5, 0.6) is 0 Å². The highest BCUT2D eigenvalue weighted by Gasteiger charge is 2.34. The molecule has 1 aliphatic heterocycles. The number of hydrogen-bond donors (Lipinski definition) is 3. The maximum atomic E-state index is 11.2. The summed E-state index contributed by atoms with van der Waals surface area (Å²) in [7, 11) is 0. The monoisotopic (exact) mass is 184 g/mol. The van der Waals surface area contributed by atoms with E-state index in [0.717, 1.165) is 12.8 Å². The molecule has 4 nitrogen and oxygen atoms in total. The molecule has 1 saturated heterocycles. The zero-order valence-electron chi connectivity index (χ0n) is 7.68. The van der Waals surface area contributed by atoms with Gasteiger partial charge in [-0.3, -0.25) is 4.79 Å². The van der Waals surface area contributed by atoms with Gasteiger partial charge in [-0.05, 0) is 19.3 Å². The van der Waals surface area contributed by atoms with Crippen LogP contribution in [0.4, 0.5) is 0 Å². The van der Waals surface area contributed by atoms with Crippen molar-refractivity contribution in [1.82, 2.24) is 10.6 Å². The van der Waals surface area contributed by atoms with Crippen LogP contribution < -0.4 is 10.6 Å². The average Bonchev–Trinajstić information content (AvgIpc) is 2.83. The molecule has 1 heterocycles. The van der Waals surface area contributed by atoms with Crippen molar-refractivity contribution in [3.63, 3.8) is 0 Å². The Balaban J connectivity index is 1.60. The summed E-state index contributed by atoms with van der Waals surface area (Å²) < 4.78 is 0. The van der Waals surface area contributed by atoms with Crippen LogP contribution in [0, 0.1) is 5.92 Å². The quantitative estimate of drug-likeness (QED) is 0.538. The molecule has 0 spiro atoms. The number of aliphatic hydroxyl groups is 1. The number of carbonyl (C=O) groups excluding carboxylic acids is 1. The molecule has 0 aromatic heterocycles. The number of rotatable bonds is 4. The lowest BCUT2D eigenvalue weighted by Crippen LogP contribution is -2.60. The normalized spacial score (nSPS) is 25.0. The Labute approximate surface area is 77.7 Å². The first-order chi connectivity index (χ1) is 6.20. The highest BCUT2D eigenvalue weighted by atomic mass is 16.3. The second-order valence-electron chi connectivity index (χ2n) is 4.14. The molecule has 0 atom stereocenters. The van der Waals surface area contributed by atoms with Gasteiger partial charge in [0.25, 0.3) is 0 Å². The zero-order chi connectivity index (χ0) is 9.31. The molecular formula is C9H16N2O2. The van der Waals surface area contributed by atoms with Gasteiger partial charge in [-0.2, -0.15) is 0 Å². The molecule has 13 heavy (non-hydrogen) atoms. The molecule has 4 heteroatoms. The van der Waals surface area contributed by atoms with E-state index in [-0.39, 0.29) is 11.8 Å². The van der Waals surface area contributed by atoms with Crippen molar-refractivity contribution < 1.29 is 9.90 Å². The second-order valence-corrected chi connectivity index (χ2v) is 4.14. The van der Waals surface area contributed by atoms with Gasteiger partial charge in [0.2, 0.25) is 5.91 Å². The van der Waals surface area contributed by atoms with Crippen molar-refractivity contribution in [2.24, 2.45) is 5.92 Å². The smallest absolute Gasteiger partial charge is 0.223 e. The Kier molecular flexibility index (Phi) is 2.26. The highest BCUT2D eigenvalue weighted by molar-refractivity contribution is 5.80. The van der Waals surface area contributed by atoms with Crippen LogP contribution in [0.3, 0.4) is 0 Å². The van der Waals surface area contributed by atoms with Gasteiger partial charge >= 0.3 is 0 Å².